The van der Waals surface area contributed by atoms with Crippen molar-refractivity contribution in [3.05, 3.63) is 47.3 Å². The number of rotatable bonds is 5. The second-order valence-corrected chi connectivity index (χ2v) is 9.54. The van der Waals surface area contributed by atoms with Gasteiger partial charge < -0.3 is 9.80 Å². The molecule has 3 aliphatic heterocycles. The summed E-state index contributed by atoms with van der Waals surface area (Å²) in [7, 11) is 0. The van der Waals surface area contributed by atoms with E-state index in [-0.39, 0.29) is 35.6 Å². The largest absolute Gasteiger partial charge is 0.342 e. The fourth-order valence-electron chi connectivity index (χ4n) is 5.79. The van der Waals surface area contributed by atoms with Crippen molar-refractivity contribution in [2.24, 2.45) is 11.8 Å². The number of likely N-dealkylation sites (tertiary alicyclic amines) is 1. The van der Waals surface area contributed by atoms with E-state index in [1.807, 2.05) is 11.0 Å². The Morgan fingerprint density at radius 2 is 2.03 bits per heavy atom. The number of hydrogen-bond donors (Lipinski definition) is 0. The molecule has 4 atom stereocenters. The molecule has 4 rings (SSSR count). The molecule has 0 spiro atoms. The first-order chi connectivity index (χ1) is 14.4. The van der Waals surface area contributed by atoms with Gasteiger partial charge in [0.1, 0.15) is 5.82 Å². The molecular formula is C25H33FN2O2. The molecular weight excluding hydrogens is 379 g/mol. The molecule has 1 aromatic rings. The van der Waals surface area contributed by atoms with Gasteiger partial charge in [0.05, 0.1) is 0 Å². The molecule has 30 heavy (non-hydrogen) atoms. The van der Waals surface area contributed by atoms with Gasteiger partial charge in [-0.15, -0.1) is 0 Å². The number of carbonyl (C=O) groups is 2. The molecule has 3 saturated heterocycles. The van der Waals surface area contributed by atoms with Crippen LogP contribution in [0.4, 0.5) is 4.39 Å². The number of hydrogen-bond acceptors (Lipinski definition) is 2. The number of allylic oxidation sites excluding steroid dienone is 2. The summed E-state index contributed by atoms with van der Waals surface area (Å²) in [4.78, 5) is 30.0. The van der Waals surface area contributed by atoms with Crippen molar-refractivity contribution in [3.63, 3.8) is 0 Å². The summed E-state index contributed by atoms with van der Waals surface area (Å²) in [5.41, 5.74) is 2.17. The summed E-state index contributed by atoms with van der Waals surface area (Å²) >= 11 is 0. The maximum absolute atomic E-state index is 13.8. The molecule has 0 aromatic heterocycles. The monoisotopic (exact) mass is 412 g/mol. The molecule has 3 fully saturated rings. The highest BCUT2D eigenvalue weighted by atomic mass is 19.1. The molecule has 2 amide bonds. The fraction of sp³-hybridized carbons (Fsp3) is 0.600. The van der Waals surface area contributed by atoms with Crippen molar-refractivity contribution in [1.29, 1.82) is 0 Å². The highest BCUT2D eigenvalue weighted by Gasteiger charge is 2.49. The topological polar surface area (TPSA) is 40.6 Å². The molecule has 2 bridgehead atoms. The van der Waals surface area contributed by atoms with Gasteiger partial charge >= 0.3 is 0 Å². The highest BCUT2D eigenvalue weighted by Crippen LogP contribution is 2.42. The van der Waals surface area contributed by atoms with Crippen LogP contribution < -0.4 is 0 Å². The predicted molar refractivity (Wildman–Crippen MR) is 115 cm³/mol. The van der Waals surface area contributed by atoms with E-state index < -0.39 is 0 Å². The van der Waals surface area contributed by atoms with E-state index in [2.05, 4.69) is 24.8 Å². The average molecular weight is 413 g/mol. The number of piperidine rings is 3. The third-order valence-corrected chi connectivity index (χ3v) is 7.09. The smallest absolute Gasteiger partial charge is 0.223 e. The highest BCUT2D eigenvalue weighted by molar-refractivity contribution is 5.79. The van der Waals surface area contributed by atoms with Crippen LogP contribution >= 0.6 is 0 Å². The zero-order valence-corrected chi connectivity index (χ0v) is 18.1. The van der Waals surface area contributed by atoms with Gasteiger partial charge in [-0.2, -0.15) is 0 Å². The maximum Gasteiger partial charge on any atom is 0.223 e. The number of fused-ring (bicyclic) bond motifs is 4. The Hall–Kier alpha value is -2.17. The van der Waals surface area contributed by atoms with E-state index >= 15 is 0 Å². The number of halogens is 1. The van der Waals surface area contributed by atoms with Crippen molar-refractivity contribution in [2.45, 2.75) is 70.9 Å². The molecule has 1 aromatic carbocycles. The van der Waals surface area contributed by atoms with E-state index in [9.17, 15) is 14.0 Å². The molecule has 3 heterocycles. The third kappa shape index (κ3) is 4.45. The van der Waals surface area contributed by atoms with Crippen LogP contribution in [0, 0.1) is 17.7 Å². The van der Waals surface area contributed by atoms with E-state index in [0.717, 1.165) is 37.8 Å². The van der Waals surface area contributed by atoms with Crippen LogP contribution in [-0.2, 0) is 16.0 Å². The van der Waals surface area contributed by atoms with Crippen molar-refractivity contribution in [2.75, 3.05) is 13.1 Å². The van der Waals surface area contributed by atoms with Gasteiger partial charge in [-0.05, 0) is 75.5 Å². The fourth-order valence-corrected chi connectivity index (χ4v) is 5.79. The zero-order valence-electron chi connectivity index (χ0n) is 18.1. The minimum absolute atomic E-state index is 0.0502. The number of benzene rings is 1. The second-order valence-electron chi connectivity index (χ2n) is 9.54. The van der Waals surface area contributed by atoms with Gasteiger partial charge in [0, 0.05) is 38.0 Å². The Labute approximate surface area is 179 Å². The Morgan fingerprint density at radius 1 is 1.23 bits per heavy atom. The third-order valence-electron chi connectivity index (χ3n) is 7.09. The number of amides is 2. The Morgan fingerprint density at radius 3 is 2.80 bits per heavy atom. The number of carbonyl (C=O) groups excluding carboxylic acids is 2. The minimum Gasteiger partial charge on any atom is -0.342 e. The van der Waals surface area contributed by atoms with E-state index in [4.69, 9.17) is 0 Å². The first-order valence-electron chi connectivity index (χ1n) is 11.4. The van der Waals surface area contributed by atoms with E-state index in [0.29, 0.717) is 31.7 Å². The molecule has 0 unspecified atom stereocenters. The van der Waals surface area contributed by atoms with Crippen LogP contribution in [0.15, 0.2) is 35.9 Å². The van der Waals surface area contributed by atoms with Gasteiger partial charge in [0.2, 0.25) is 11.8 Å². The van der Waals surface area contributed by atoms with Crippen LogP contribution in [0.1, 0.15) is 57.9 Å². The Bertz CT molecular complexity index is 832. The molecule has 162 valence electrons. The van der Waals surface area contributed by atoms with Crippen molar-refractivity contribution in [3.8, 4) is 0 Å². The summed E-state index contributed by atoms with van der Waals surface area (Å²) in [6, 6.07) is 7.00. The SMILES string of the molecule is CC(C)=CCCC(=O)N1C[C@H]2C[C@@H](C1)[C@H](Cc1cccc(F)c1)N1C(=O)CCC[C@@H]21. The van der Waals surface area contributed by atoms with Crippen LogP contribution in [0.25, 0.3) is 0 Å². The lowest BCUT2D eigenvalue weighted by molar-refractivity contribution is -0.156. The normalized spacial score (nSPS) is 28.2. The molecule has 0 aliphatic carbocycles. The summed E-state index contributed by atoms with van der Waals surface area (Å²) in [5, 5.41) is 0. The summed E-state index contributed by atoms with van der Waals surface area (Å²) in [6.07, 6.45) is 7.74. The lowest BCUT2D eigenvalue weighted by atomic mass is 9.70. The van der Waals surface area contributed by atoms with E-state index in [1.54, 1.807) is 12.1 Å². The van der Waals surface area contributed by atoms with Gasteiger partial charge in [-0.25, -0.2) is 4.39 Å². The molecule has 0 radical (unpaired) electrons. The Kier molecular flexibility index (Phi) is 6.26. The molecule has 0 N–H and O–H groups in total. The van der Waals surface area contributed by atoms with Gasteiger partial charge in [0.25, 0.3) is 0 Å². The average Bonchev–Trinajstić information content (AvgIpc) is 2.71. The first kappa shape index (κ1) is 21.1. The molecule has 0 saturated carbocycles. The lowest BCUT2D eigenvalue weighted by Gasteiger charge is -2.56. The quantitative estimate of drug-likeness (QED) is 0.675. The van der Waals surface area contributed by atoms with E-state index in [1.165, 1.54) is 11.6 Å². The zero-order chi connectivity index (χ0) is 21.3. The standard InChI is InChI=1S/C25H33FN2O2/c1-17(2)6-3-10-24(29)27-15-19-14-20(16-27)23(13-18-7-4-8-21(26)12-18)28-22(19)9-5-11-25(28)30/h4,6-8,12,19-20,22-23H,3,5,9-11,13-16H2,1-2H3/t19-,20+,22+,23+/m1/s1. The van der Waals surface area contributed by atoms with Crippen LogP contribution in [0.3, 0.4) is 0 Å². The van der Waals surface area contributed by atoms with Gasteiger partial charge in [-0.3, -0.25) is 9.59 Å². The predicted octanol–water partition coefficient (Wildman–Crippen LogP) is 4.34. The van der Waals surface area contributed by atoms with Crippen molar-refractivity contribution in [1.82, 2.24) is 9.80 Å². The van der Waals surface area contributed by atoms with Crippen LogP contribution in [-0.4, -0.2) is 46.8 Å². The van der Waals surface area contributed by atoms with Gasteiger partial charge in [0.15, 0.2) is 0 Å². The molecule has 3 aliphatic rings. The van der Waals surface area contributed by atoms with Crippen LogP contribution in [0.2, 0.25) is 0 Å². The Balaban J connectivity index is 1.55. The number of nitrogens with zero attached hydrogens (tertiary/aromatic N) is 2. The van der Waals surface area contributed by atoms with Crippen LogP contribution in [0.5, 0.6) is 0 Å². The second kappa shape index (κ2) is 8.91. The summed E-state index contributed by atoms with van der Waals surface area (Å²) in [6.45, 7) is 5.59. The lowest BCUT2D eigenvalue weighted by Crippen LogP contribution is -2.66. The summed E-state index contributed by atoms with van der Waals surface area (Å²) in [5.74, 6) is 0.859. The molecule has 4 nitrogen and oxygen atoms in total. The molecule has 5 heteroatoms. The van der Waals surface area contributed by atoms with Crippen molar-refractivity contribution < 1.29 is 14.0 Å². The maximum atomic E-state index is 13.8. The minimum atomic E-state index is -0.234. The summed E-state index contributed by atoms with van der Waals surface area (Å²) < 4.78 is 13.8. The van der Waals surface area contributed by atoms with Crippen molar-refractivity contribution >= 4 is 11.8 Å². The first-order valence-corrected chi connectivity index (χ1v) is 11.4. The van der Waals surface area contributed by atoms with Gasteiger partial charge in [-0.1, -0.05) is 23.8 Å².